The molecule has 2 aromatic rings. The summed E-state index contributed by atoms with van der Waals surface area (Å²) in [5.41, 5.74) is 1.06. The van der Waals surface area contributed by atoms with Crippen molar-refractivity contribution in [3.63, 3.8) is 0 Å². The van der Waals surface area contributed by atoms with Crippen LogP contribution in [0.3, 0.4) is 0 Å². The highest BCUT2D eigenvalue weighted by Gasteiger charge is 2.08. The zero-order valence-corrected chi connectivity index (χ0v) is 16.3. The van der Waals surface area contributed by atoms with Gasteiger partial charge in [-0.15, -0.1) is 11.3 Å². The molecule has 0 radical (unpaired) electrons. The van der Waals surface area contributed by atoms with E-state index >= 15 is 0 Å². The van der Waals surface area contributed by atoms with Gasteiger partial charge in [0, 0.05) is 31.5 Å². The maximum Gasteiger partial charge on any atom is 0.411 e. The van der Waals surface area contributed by atoms with Crippen LogP contribution in [-0.4, -0.2) is 44.8 Å². The summed E-state index contributed by atoms with van der Waals surface area (Å²) in [4.78, 5) is 36.1. The Labute approximate surface area is 167 Å². The molecule has 9 heteroatoms. The van der Waals surface area contributed by atoms with E-state index in [2.05, 4.69) is 16.0 Å². The van der Waals surface area contributed by atoms with E-state index in [-0.39, 0.29) is 24.8 Å². The van der Waals surface area contributed by atoms with Gasteiger partial charge in [-0.25, -0.2) is 4.79 Å². The second-order valence-corrected chi connectivity index (χ2v) is 6.67. The van der Waals surface area contributed by atoms with Crippen molar-refractivity contribution in [3.8, 4) is 0 Å². The molecule has 0 atom stereocenters. The summed E-state index contributed by atoms with van der Waals surface area (Å²) >= 11 is 1.37. The second kappa shape index (κ2) is 11.7. The van der Waals surface area contributed by atoms with Crippen LogP contribution in [0.4, 0.5) is 16.2 Å². The fourth-order valence-electron chi connectivity index (χ4n) is 2.22. The highest BCUT2D eigenvalue weighted by atomic mass is 32.1. The molecule has 150 valence electrons. The first-order valence-corrected chi connectivity index (χ1v) is 9.61. The number of methoxy groups -OCH3 is 1. The summed E-state index contributed by atoms with van der Waals surface area (Å²) < 4.78 is 9.72. The Kier molecular flexibility index (Phi) is 8.96. The Hall–Kier alpha value is -2.91. The molecule has 0 fully saturated rings. The molecule has 0 saturated carbocycles. The first-order chi connectivity index (χ1) is 13.6. The van der Waals surface area contributed by atoms with Crippen molar-refractivity contribution < 1.29 is 23.9 Å². The molecule has 0 spiro atoms. The zero-order chi connectivity index (χ0) is 20.2. The van der Waals surface area contributed by atoms with Crippen LogP contribution >= 0.6 is 11.3 Å². The summed E-state index contributed by atoms with van der Waals surface area (Å²) in [6.45, 7) is 0.887. The Morgan fingerprint density at radius 3 is 2.54 bits per heavy atom. The van der Waals surface area contributed by atoms with Gasteiger partial charge in [-0.1, -0.05) is 12.1 Å². The quantitative estimate of drug-likeness (QED) is 0.527. The molecular formula is C19H23N3O5S. The molecule has 0 saturated heterocycles. The minimum absolute atomic E-state index is 0.133. The topological polar surface area (TPSA) is 106 Å². The van der Waals surface area contributed by atoms with Crippen molar-refractivity contribution in [2.45, 2.75) is 12.8 Å². The third-order valence-corrected chi connectivity index (χ3v) is 4.39. The monoisotopic (exact) mass is 405 g/mol. The van der Waals surface area contributed by atoms with Crippen LogP contribution in [0.5, 0.6) is 0 Å². The maximum atomic E-state index is 12.0. The van der Waals surface area contributed by atoms with Crippen LogP contribution in [-0.2, 0) is 14.3 Å². The van der Waals surface area contributed by atoms with E-state index in [1.807, 2.05) is 11.4 Å². The molecule has 0 aliphatic heterocycles. The van der Waals surface area contributed by atoms with Gasteiger partial charge in [0.1, 0.15) is 6.61 Å². The van der Waals surface area contributed by atoms with E-state index in [0.717, 1.165) is 0 Å². The number of anilines is 2. The third-order valence-electron chi connectivity index (χ3n) is 3.52. The number of thiophene rings is 1. The number of rotatable bonds is 10. The van der Waals surface area contributed by atoms with E-state index in [1.54, 1.807) is 30.3 Å². The summed E-state index contributed by atoms with van der Waals surface area (Å²) in [6, 6.07) is 10.3. The summed E-state index contributed by atoms with van der Waals surface area (Å²) in [5.74, 6) is -0.309. The SMILES string of the molecule is COCCOC(=O)Nc1cccc(NC(=O)CCCNC(=O)c2cccs2)c1. The number of amides is 3. The van der Waals surface area contributed by atoms with Gasteiger partial charge in [0.25, 0.3) is 5.91 Å². The van der Waals surface area contributed by atoms with Crippen LogP contribution in [0.25, 0.3) is 0 Å². The average molecular weight is 405 g/mol. The van der Waals surface area contributed by atoms with E-state index in [4.69, 9.17) is 9.47 Å². The van der Waals surface area contributed by atoms with Gasteiger partial charge in [0.2, 0.25) is 5.91 Å². The van der Waals surface area contributed by atoms with Crippen molar-refractivity contribution >= 4 is 40.6 Å². The molecule has 28 heavy (non-hydrogen) atoms. The van der Waals surface area contributed by atoms with Crippen LogP contribution in [0, 0.1) is 0 Å². The molecular weight excluding hydrogens is 382 g/mol. The first-order valence-electron chi connectivity index (χ1n) is 8.73. The highest BCUT2D eigenvalue weighted by Crippen LogP contribution is 2.16. The molecule has 1 aromatic carbocycles. The molecule has 0 unspecified atom stereocenters. The summed E-state index contributed by atoms with van der Waals surface area (Å²) in [6.07, 6.45) is 0.191. The lowest BCUT2D eigenvalue weighted by Crippen LogP contribution is -2.24. The summed E-state index contributed by atoms with van der Waals surface area (Å²) in [5, 5.41) is 9.95. The third kappa shape index (κ3) is 7.77. The Balaban J connectivity index is 1.70. The Bertz CT molecular complexity index is 780. The minimum atomic E-state index is -0.595. The zero-order valence-electron chi connectivity index (χ0n) is 15.5. The van der Waals surface area contributed by atoms with Crippen molar-refractivity contribution in [1.82, 2.24) is 5.32 Å². The van der Waals surface area contributed by atoms with E-state index in [1.165, 1.54) is 18.4 Å². The van der Waals surface area contributed by atoms with Crippen LogP contribution < -0.4 is 16.0 Å². The summed E-state index contributed by atoms with van der Waals surface area (Å²) in [7, 11) is 1.52. The van der Waals surface area contributed by atoms with Gasteiger partial charge in [0.05, 0.1) is 11.5 Å². The lowest BCUT2D eigenvalue weighted by molar-refractivity contribution is -0.116. The van der Waals surface area contributed by atoms with Gasteiger partial charge < -0.3 is 20.1 Å². The molecule has 1 heterocycles. The number of carbonyl (C=O) groups is 3. The molecule has 0 bridgehead atoms. The van der Waals surface area contributed by atoms with E-state index in [0.29, 0.717) is 35.8 Å². The number of nitrogens with one attached hydrogen (secondary N) is 3. The van der Waals surface area contributed by atoms with Gasteiger partial charge in [-0.2, -0.15) is 0 Å². The average Bonchev–Trinajstić information content (AvgIpc) is 3.20. The molecule has 1 aromatic heterocycles. The van der Waals surface area contributed by atoms with Gasteiger partial charge in [0.15, 0.2) is 0 Å². The van der Waals surface area contributed by atoms with Crippen molar-refractivity contribution in [2.75, 3.05) is 37.5 Å². The predicted octanol–water partition coefficient (Wildman–Crippen LogP) is 3.09. The molecule has 0 aliphatic carbocycles. The van der Waals surface area contributed by atoms with Crippen molar-refractivity contribution in [1.29, 1.82) is 0 Å². The molecule has 8 nitrogen and oxygen atoms in total. The minimum Gasteiger partial charge on any atom is -0.447 e. The first kappa shape index (κ1) is 21.4. The molecule has 0 aliphatic rings. The number of carbonyl (C=O) groups excluding carboxylic acids is 3. The maximum absolute atomic E-state index is 12.0. The number of hydrogen-bond donors (Lipinski definition) is 3. The van der Waals surface area contributed by atoms with E-state index in [9.17, 15) is 14.4 Å². The van der Waals surface area contributed by atoms with Crippen LogP contribution in [0.1, 0.15) is 22.5 Å². The van der Waals surface area contributed by atoms with Gasteiger partial charge in [-0.3, -0.25) is 14.9 Å². The molecule has 3 amide bonds. The standard InChI is InChI=1S/C19H23N3O5S/c1-26-10-11-27-19(25)22-15-6-2-5-14(13-15)21-17(23)8-3-9-20-18(24)16-7-4-12-28-16/h2,4-7,12-13H,3,8-11H2,1H3,(H,20,24)(H,21,23)(H,22,25). The van der Waals surface area contributed by atoms with Gasteiger partial charge >= 0.3 is 6.09 Å². The molecule has 3 N–H and O–H groups in total. The Morgan fingerprint density at radius 2 is 1.82 bits per heavy atom. The largest absolute Gasteiger partial charge is 0.447 e. The van der Waals surface area contributed by atoms with Crippen LogP contribution in [0.15, 0.2) is 41.8 Å². The smallest absolute Gasteiger partial charge is 0.411 e. The number of benzene rings is 1. The van der Waals surface area contributed by atoms with Gasteiger partial charge in [-0.05, 0) is 36.1 Å². The molecule has 2 rings (SSSR count). The number of ether oxygens (including phenoxy) is 2. The fraction of sp³-hybridized carbons (Fsp3) is 0.316. The lowest BCUT2D eigenvalue weighted by Gasteiger charge is -2.09. The van der Waals surface area contributed by atoms with Crippen LogP contribution in [0.2, 0.25) is 0 Å². The fourth-order valence-corrected chi connectivity index (χ4v) is 2.86. The normalized spacial score (nSPS) is 10.2. The lowest BCUT2D eigenvalue weighted by atomic mass is 10.2. The Morgan fingerprint density at radius 1 is 1.04 bits per heavy atom. The van der Waals surface area contributed by atoms with Crippen molar-refractivity contribution in [3.05, 3.63) is 46.7 Å². The number of hydrogen-bond acceptors (Lipinski definition) is 6. The van der Waals surface area contributed by atoms with E-state index < -0.39 is 6.09 Å². The second-order valence-electron chi connectivity index (χ2n) is 5.72. The van der Waals surface area contributed by atoms with Crippen molar-refractivity contribution in [2.24, 2.45) is 0 Å². The predicted molar refractivity (Wildman–Crippen MR) is 108 cm³/mol. The highest BCUT2D eigenvalue weighted by molar-refractivity contribution is 7.12.